The van der Waals surface area contributed by atoms with Crippen molar-refractivity contribution in [2.75, 3.05) is 0 Å². The molecule has 11 heteroatoms. The van der Waals surface area contributed by atoms with E-state index in [-0.39, 0.29) is 5.92 Å². The Morgan fingerprint density at radius 1 is 0.852 bits per heavy atom. The summed E-state index contributed by atoms with van der Waals surface area (Å²) >= 11 is 0. The number of hydrogen-bond acceptors (Lipinski definition) is 6. The van der Waals surface area contributed by atoms with Crippen molar-refractivity contribution in [3.05, 3.63) is 0 Å². The highest BCUT2D eigenvalue weighted by Gasteiger charge is 2.28. The van der Waals surface area contributed by atoms with E-state index in [9.17, 15) is 24.0 Å². The van der Waals surface area contributed by atoms with Crippen LogP contribution in [0.1, 0.15) is 40.5 Å². The molecule has 0 saturated heterocycles. The van der Waals surface area contributed by atoms with Gasteiger partial charge in [0, 0.05) is 0 Å². The molecule has 0 aliphatic rings. The first-order valence-corrected chi connectivity index (χ1v) is 8.51. The third-order valence-corrected chi connectivity index (χ3v) is 4.06. The summed E-state index contributed by atoms with van der Waals surface area (Å²) in [5.74, 6) is -5.03. The summed E-state index contributed by atoms with van der Waals surface area (Å²) in [7, 11) is 0. The maximum absolute atomic E-state index is 12.1. The number of aliphatic carboxylic acids is 2. The van der Waals surface area contributed by atoms with Gasteiger partial charge in [0.25, 0.3) is 0 Å². The quantitative estimate of drug-likeness (QED) is 0.244. The lowest BCUT2D eigenvalue weighted by Gasteiger charge is -2.22. The van der Waals surface area contributed by atoms with E-state index in [4.69, 9.17) is 15.9 Å². The van der Waals surface area contributed by atoms with Gasteiger partial charge >= 0.3 is 11.9 Å². The maximum Gasteiger partial charge on any atom is 0.326 e. The molecular formula is C16H28N4O7. The Bertz CT molecular complexity index is 581. The van der Waals surface area contributed by atoms with E-state index < -0.39 is 60.2 Å². The summed E-state index contributed by atoms with van der Waals surface area (Å²) in [6.07, 6.45) is -0.116. The molecule has 0 saturated carbocycles. The van der Waals surface area contributed by atoms with Crippen LogP contribution >= 0.6 is 0 Å². The number of carboxylic acids is 2. The number of amides is 3. The molecule has 0 unspecified atom stereocenters. The highest BCUT2D eigenvalue weighted by Crippen LogP contribution is 2.05. The van der Waals surface area contributed by atoms with E-state index in [1.807, 2.05) is 12.2 Å². The van der Waals surface area contributed by atoms with Crippen LogP contribution in [0.3, 0.4) is 0 Å². The minimum Gasteiger partial charge on any atom is -0.481 e. The summed E-state index contributed by atoms with van der Waals surface area (Å²) in [6, 6.07) is -4.52. The van der Waals surface area contributed by atoms with Crippen molar-refractivity contribution in [1.82, 2.24) is 16.0 Å². The van der Waals surface area contributed by atoms with E-state index >= 15 is 0 Å². The van der Waals surface area contributed by atoms with Crippen LogP contribution in [-0.4, -0.2) is 64.0 Å². The molecule has 11 nitrogen and oxygen atoms in total. The van der Waals surface area contributed by atoms with E-state index in [1.165, 1.54) is 13.8 Å². The number of carbonyl (C=O) groups is 5. The van der Waals surface area contributed by atoms with Crippen molar-refractivity contribution in [3.8, 4) is 0 Å². The fraction of sp³-hybridized carbons (Fsp3) is 0.688. The normalized spacial score (nSPS) is 16.2. The number of nitrogens with one attached hydrogen (secondary N) is 3. The van der Waals surface area contributed by atoms with Gasteiger partial charge in [0.05, 0.1) is 12.5 Å². The zero-order chi connectivity index (χ0) is 21.3. The number of carbonyl (C=O) groups excluding carboxylic acids is 3. The maximum atomic E-state index is 12.1. The van der Waals surface area contributed by atoms with Gasteiger partial charge in [0.1, 0.15) is 18.1 Å². The first-order valence-electron chi connectivity index (χ1n) is 8.51. The molecule has 0 aromatic heterocycles. The monoisotopic (exact) mass is 388 g/mol. The Kier molecular flexibility index (Phi) is 10.0. The third kappa shape index (κ3) is 8.49. The zero-order valence-electron chi connectivity index (χ0n) is 15.8. The van der Waals surface area contributed by atoms with Gasteiger partial charge in [0.2, 0.25) is 17.7 Å². The van der Waals surface area contributed by atoms with Crippen molar-refractivity contribution in [1.29, 1.82) is 0 Å². The van der Waals surface area contributed by atoms with Gasteiger partial charge in [0.15, 0.2) is 0 Å². The Morgan fingerprint density at radius 3 is 1.70 bits per heavy atom. The molecular weight excluding hydrogens is 360 g/mol. The molecule has 154 valence electrons. The first kappa shape index (κ1) is 24.3. The second kappa shape index (κ2) is 11.1. The summed E-state index contributed by atoms with van der Waals surface area (Å²) in [5.41, 5.74) is 5.78. The van der Waals surface area contributed by atoms with Crippen LogP contribution < -0.4 is 21.7 Å². The van der Waals surface area contributed by atoms with E-state index in [2.05, 4.69) is 10.6 Å². The molecule has 0 aliphatic heterocycles. The molecule has 0 rings (SSSR count). The lowest BCUT2D eigenvalue weighted by molar-refractivity contribution is -0.147. The predicted molar refractivity (Wildman–Crippen MR) is 94.5 cm³/mol. The van der Waals surface area contributed by atoms with Crippen molar-refractivity contribution in [2.45, 2.75) is 64.7 Å². The van der Waals surface area contributed by atoms with Gasteiger partial charge in [-0.05, 0) is 19.8 Å². The summed E-state index contributed by atoms with van der Waals surface area (Å²) in [6.45, 7) is 6.39. The molecule has 5 atom stereocenters. The third-order valence-electron chi connectivity index (χ3n) is 4.06. The molecule has 0 spiro atoms. The smallest absolute Gasteiger partial charge is 0.326 e. The zero-order valence-corrected chi connectivity index (χ0v) is 15.8. The Labute approximate surface area is 157 Å². The van der Waals surface area contributed by atoms with E-state index in [0.29, 0.717) is 6.42 Å². The van der Waals surface area contributed by atoms with Crippen LogP contribution in [0.4, 0.5) is 0 Å². The average molecular weight is 388 g/mol. The van der Waals surface area contributed by atoms with Gasteiger partial charge in [-0.3, -0.25) is 19.2 Å². The van der Waals surface area contributed by atoms with Crippen LogP contribution in [0, 0.1) is 5.92 Å². The molecule has 0 heterocycles. The molecule has 0 aliphatic carbocycles. The summed E-state index contributed by atoms with van der Waals surface area (Å²) in [4.78, 5) is 57.6. The summed E-state index contributed by atoms with van der Waals surface area (Å²) in [5, 5.41) is 24.4. The average Bonchev–Trinajstić information content (AvgIpc) is 2.58. The SMILES string of the molecule is CC[C@H](C)[C@H](N)C(=O)N[C@@H](C)C(=O)N[C@@H](C)C(=O)N[C@@H](CC(=O)O)C(=O)O. The van der Waals surface area contributed by atoms with Crippen molar-refractivity contribution in [3.63, 3.8) is 0 Å². The number of hydrogen-bond donors (Lipinski definition) is 6. The second-order valence-corrected chi connectivity index (χ2v) is 6.37. The largest absolute Gasteiger partial charge is 0.481 e. The number of carboxylic acid groups (broad SMARTS) is 2. The molecule has 3 amide bonds. The Hall–Kier alpha value is -2.69. The minimum absolute atomic E-state index is 0.0767. The van der Waals surface area contributed by atoms with Gasteiger partial charge in [-0.25, -0.2) is 4.79 Å². The molecule has 0 aromatic rings. The van der Waals surface area contributed by atoms with Crippen molar-refractivity contribution < 1.29 is 34.2 Å². The lowest BCUT2D eigenvalue weighted by atomic mass is 9.99. The Balaban J connectivity index is 4.70. The van der Waals surface area contributed by atoms with Gasteiger partial charge in [-0.1, -0.05) is 20.3 Å². The molecule has 0 fully saturated rings. The van der Waals surface area contributed by atoms with Crippen molar-refractivity contribution >= 4 is 29.7 Å². The van der Waals surface area contributed by atoms with Crippen LogP contribution in [0.15, 0.2) is 0 Å². The molecule has 0 aromatic carbocycles. The molecule has 0 radical (unpaired) electrons. The van der Waals surface area contributed by atoms with Crippen LogP contribution in [0.2, 0.25) is 0 Å². The number of nitrogens with two attached hydrogens (primary N) is 1. The fourth-order valence-electron chi connectivity index (χ4n) is 1.96. The first-order chi connectivity index (χ1) is 12.4. The standard InChI is InChI=1S/C16H28N4O7/c1-5-7(2)12(17)15(25)19-8(3)13(23)18-9(4)14(24)20-10(16(26)27)6-11(21)22/h7-10,12H,5-6,17H2,1-4H3,(H,18,23)(H,19,25)(H,20,24)(H,21,22)(H,26,27)/t7-,8-,9-,10-,12-/m0/s1. The van der Waals surface area contributed by atoms with Crippen LogP contribution in [-0.2, 0) is 24.0 Å². The topological polar surface area (TPSA) is 188 Å². The Morgan fingerprint density at radius 2 is 1.30 bits per heavy atom. The predicted octanol–water partition coefficient (Wildman–Crippen LogP) is -1.59. The highest BCUT2D eigenvalue weighted by atomic mass is 16.4. The van der Waals surface area contributed by atoms with E-state index in [0.717, 1.165) is 0 Å². The minimum atomic E-state index is -1.62. The van der Waals surface area contributed by atoms with Gasteiger partial charge < -0.3 is 31.9 Å². The van der Waals surface area contributed by atoms with Crippen LogP contribution in [0.25, 0.3) is 0 Å². The molecule has 0 bridgehead atoms. The summed E-state index contributed by atoms with van der Waals surface area (Å²) < 4.78 is 0. The molecule has 27 heavy (non-hydrogen) atoms. The van der Waals surface area contributed by atoms with Gasteiger partial charge in [-0.15, -0.1) is 0 Å². The van der Waals surface area contributed by atoms with Crippen LogP contribution in [0.5, 0.6) is 0 Å². The van der Waals surface area contributed by atoms with Gasteiger partial charge in [-0.2, -0.15) is 0 Å². The second-order valence-electron chi connectivity index (χ2n) is 6.37. The fourth-order valence-corrected chi connectivity index (χ4v) is 1.96. The molecule has 7 N–H and O–H groups in total. The number of rotatable bonds is 11. The lowest BCUT2D eigenvalue weighted by Crippen LogP contribution is -2.56. The van der Waals surface area contributed by atoms with E-state index in [1.54, 1.807) is 6.92 Å². The van der Waals surface area contributed by atoms with Crippen molar-refractivity contribution in [2.24, 2.45) is 11.7 Å². The highest BCUT2D eigenvalue weighted by molar-refractivity contribution is 5.94.